The number of hydrogen-bond donors (Lipinski definition) is 0. The molecule has 0 bridgehead atoms. The summed E-state index contributed by atoms with van der Waals surface area (Å²) in [5, 5.41) is 4.37. The van der Waals surface area contributed by atoms with Crippen molar-refractivity contribution in [1.82, 2.24) is 0 Å². The fraction of sp³-hybridized carbons (Fsp3) is 1.00. The summed E-state index contributed by atoms with van der Waals surface area (Å²) >= 11 is 0.713. The van der Waals surface area contributed by atoms with Gasteiger partial charge in [0.1, 0.15) is 0 Å². The molecule has 96 valence electrons. The number of nitrogens with zero attached hydrogens (tertiary/aromatic N) is 1. The molecule has 0 amide bonds. The Balaban J connectivity index is 0. The Morgan fingerprint density at radius 1 is 0.688 bits per heavy atom. The molecule has 0 atom stereocenters. The fourth-order valence-electron chi connectivity index (χ4n) is 1.36. The van der Waals surface area contributed by atoms with E-state index < -0.39 is 0 Å². The van der Waals surface area contributed by atoms with Gasteiger partial charge in [0.15, 0.2) is 0 Å². The van der Waals surface area contributed by atoms with Gasteiger partial charge < -0.3 is 5.32 Å². The Labute approximate surface area is 110 Å². The van der Waals surface area contributed by atoms with Crippen molar-refractivity contribution in [2.75, 3.05) is 13.1 Å². The third-order valence-electron chi connectivity index (χ3n) is 1.76. The van der Waals surface area contributed by atoms with E-state index in [9.17, 15) is 0 Å². The van der Waals surface area contributed by atoms with Gasteiger partial charge in [-0.15, -0.1) is 13.1 Å². The molecule has 0 saturated heterocycles. The van der Waals surface area contributed by atoms with Crippen molar-refractivity contribution in [3.8, 4) is 0 Å². The Kier molecular flexibility index (Phi) is 14.1. The van der Waals surface area contributed by atoms with Gasteiger partial charge in [0.25, 0.3) is 0 Å². The average Bonchev–Trinajstić information content (AvgIpc) is 2.00. The molecule has 0 heterocycles. The normalized spacial score (nSPS) is 10.8. The second kappa shape index (κ2) is 12.0. The van der Waals surface area contributed by atoms with Crippen LogP contribution in [0, 0.1) is 11.8 Å². The van der Waals surface area contributed by atoms with E-state index >= 15 is 0 Å². The second-order valence-corrected chi connectivity index (χ2v) is 9.11. The fourth-order valence-corrected chi connectivity index (χ4v) is 2.90. The molecule has 0 rings (SSSR count). The van der Waals surface area contributed by atoms with Crippen LogP contribution in [0.1, 0.15) is 55.4 Å². The van der Waals surface area contributed by atoms with Crippen molar-refractivity contribution in [3.63, 3.8) is 0 Å². The van der Waals surface area contributed by atoms with E-state index in [1.165, 1.54) is 0 Å². The average molecular weight is 241 g/mol. The van der Waals surface area contributed by atoms with Crippen molar-refractivity contribution >= 4 is 15.2 Å². The predicted molar refractivity (Wildman–Crippen MR) is 78.7 cm³/mol. The van der Waals surface area contributed by atoms with Crippen molar-refractivity contribution < 1.29 is 0 Å². The van der Waals surface area contributed by atoms with E-state index in [0.717, 1.165) is 34.5 Å². The molecule has 0 radical (unpaired) electrons. The molecule has 0 fully saturated rings. The van der Waals surface area contributed by atoms with E-state index in [0.29, 0.717) is 15.2 Å². The molecule has 2 heteroatoms. The van der Waals surface area contributed by atoms with Gasteiger partial charge in [-0.2, -0.15) is 0 Å². The molecule has 0 N–H and O–H groups in total. The number of rotatable bonds is 6. The summed E-state index contributed by atoms with van der Waals surface area (Å²) < 4.78 is 1.92. The number of hydrogen-bond acceptors (Lipinski definition) is 0. The summed E-state index contributed by atoms with van der Waals surface area (Å²) in [5.74, 6) is 1.45. The van der Waals surface area contributed by atoms with Gasteiger partial charge >= 0.3 is 52.5 Å². The van der Waals surface area contributed by atoms with Gasteiger partial charge in [-0.3, -0.25) is 0 Å². The molecule has 0 aromatic heterocycles. The standard InChI is InChI=1S/C8H18N.2C3H7.Al/c1-7(2)5-9-6-8(3)4;2*1-3-2;/h7-8H,5-6H2,1-4H3;2*3H,1-2H3;/q-1;;;+1. The zero-order valence-corrected chi connectivity index (χ0v) is 13.9. The first-order valence-electron chi connectivity index (χ1n) is 6.73. The molecule has 0 aromatic rings. The van der Waals surface area contributed by atoms with Gasteiger partial charge in [-0.05, 0) is 0 Å². The monoisotopic (exact) mass is 241 g/mol. The Bertz CT molecular complexity index is 117. The Morgan fingerprint density at radius 3 is 1.12 bits per heavy atom. The molecule has 1 nitrogen and oxygen atoms in total. The third kappa shape index (κ3) is 24.0. The zero-order valence-electron chi connectivity index (χ0n) is 12.7. The SMILES string of the molecule is CC(C)C[N-]CC(C)C.C[CH](C)[Al+][CH](C)C. The van der Waals surface area contributed by atoms with Crippen molar-refractivity contribution in [3.05, 3.63) is 5.32 Å². The maximum atomic E-state index is 4.37. The molecule has 0 aliphatic rings. The van der Waals surface area contributed by atoms with E-state index in [-0.39, 0.29) is 0 Å². The van der Waals surface area contributed by atoms with Crippen LogP contribution < -0.4 is 0 Å². The summed E-state index contributed by atoms with van der Waals surface area (Å²) in [6, 6.07) is 0. The third-order valence-corrected chi connectivity index (χ3v) is 3.30. The Hall–Kier alpha value is 0.492. The molecule has 16 heavy (non-hydrogen) atoms. The molecular weight excluding hydrogens is 209 g/mol. The van der Waals surface area contributed by atoms with Crippen LogP contribution in [-0.2, 0) is 0 Å². The topological polar surface area (TPSA) is 14.1 Å². The molecule has 0 saturated carbocycles. The molecule has 0 aliphatic heterocycles. The van der Waals surface area contributed by atoms with Crippen molar-refractivity contribution in [1.29, 1.82) is 0 Å². The minimum absolute atomic E-state index is 0.713. The minimum atomic E-state index is 0.713. The van der Waals surface area contributed by atoms with E-state index in [1.807, 2.05) is 0 Å². The predicted octanol–water partition coefficient (Wildman–Crippen LogP) is 5.02. The van der Waals surface area contributed by atoms with Crippen molar-refractivity contribution in [2.45, 2.75) is 64.9 Å². The van der Waals surface area contributed by atoms with Crippen LogP contribution in [0.2, 0.25) is 9.56 Å². The summed E-state index contributed by atoms with van der Waals surface area (Å²) in [6.07, 6.45) is 0. The first kappa shape index (κ1) is 18.8. The Morgan fingerprint density at radius 2 is 1.00 bits per heavy atom. The molecule has 0 aromatic carbocycles. The molecular formula is C14H32AlN. The maximum absolute atomic E-state index is 4.37. The summed E-state index contributed by atoms with van der Waals surface area (Å²) in [7, 11) is 0. The van der Waals surface area contributed by atoms with Crippen LogP contribution in [0.3, 0.4) is 0 Å². The van der Waals surface area contributed by atoms with Gasteiger partial charge in [-0.1, -0.05) is 39.5 Å². The van der Waals surface area contributed by atoms with E-state index in [1.54, 1.807) is 0 Å². The van der Waals surface area contributed by atoms with Gasteiger partial charge in [0, 0.05) is 0 Å². The van der Waals surface area contributed by atoms with E-state index in [4.69, 9.17) is 0 Å². The summed E-state index contributed by atoms with van der Waals surface area (Å²) in [6.45, 7) is 20.0. The zero-order chi connectivity index (χ0) is 13.1. The summed E-state index contributed by atoms with van der Waals surface area (Å²) in [4.78, 5) is 0. The first-order chi connectivity index (χ1) is 7.25. The van der Waals surface area contributed by atoms with Crippen LogP contribution >= 0.6 is 0 Å². The molecule has 0 aliphatic carbocycles. The quantitative estimate of drug-likeness (QED) is 0.580. The summed E-state index contributed by atoms with van der Waals surface area (Å²) in [5.41, 5.74) is 0. The molecule has 0 spiro atoms. The van der Waals surface area contributed by atoms with Crippen LogP contribution in [0.15, 0.2) is 0 Å². The van der Waals surface area contributed by atoms with Gasteiger partial charge in [-0.25, -0.2) is 0 Å². The second-order valence-electron chi connectivity index (χ2n) is 6.06. The van der Waals surface area contributed by atoms with E-state index in [2.05, 4.69) is 60.7 Å². The van der Waals surface area contributed by atoms with Crippen LogP contribution in [0.5, 0.6) is 0 Å². The van der Waals surface area contributed by atoms with Crippen LogP contribution in [0.4, 0.5) is 0 Å². The van der Waals surface area contributed by atoms with Crippen LogP contribution in [0.25, 0.3) is 5.32 Å². The molecule has 0 unspecified atom stereocenters. The first-order valence-corrected chi connectivity index (χ1v) is 8.07. The van der Waals surface area contributed by atoms with Gasteiger partial charge in [0.2, 0.25) is 0 Å². The van der Waals surface area contributed by atoms with Crippen molar-refractivity contribution in [2.24, 2.45) is 11.8 Å². The van der Waals surface area contributed by atoms with Gasteiger partial charge in [0.05, 0.1) is 0 Å². The van der Waals surface area contributed by atoms with Crippen LogP contribution in [-0.4, -0.2) is 28.3 Å².